The lowest BCUT2D eigenvalue weighted by atomic mass is 9.91. The van der Waals surface area contributed by atoms with Crippen molar-refractivity contribution in [2.75, 3.05) is 26.4 Å². The molecule has 0 saturated carbocycles. The lowest BCUT2D eigenvalue weighted by Gasteiger charge is -2.36. The number of likely N-dealkylation sites (tertiary alicyclic amines) is 1. The summed E-state index contributed by atoms with van der Waals surface area (Å²) in [7, 11) is 0. The maximum atomic E-state index is 13.2. The van der Waals surface area contributed by atoms with E-state index in [1.807, 2.05) is 43.0 Å². The predicted octanol–water partition coefficient (Wildman–Crippen LogP) is 5.57. The van der Waals surface area contributed by atoms with Gasteiger partial charge in [0.2, 0.25) is 6.79 Å². The highest BCUT2D eigenvalue weighted by molar-refractivity contribution is 6.00. The Labute approximate surface area is 196 Å². The zero-order valence-corrected chi connectivity index (χ0v) is 20.2. The standard InChI is InChI=1S/C25H29FN2O3.C2H6/c1-25(2)21-14-23-22(30-16-31-23)13-20(21)24(29)28(25)12-9-17-7-10-27(11-8-17)15-18-3-5-19(26)6-4-18;1-2/h3-6,13-14,17H,7-12,15-16H2,1-2H3;1-2H3. The third-order valence-corrected chi connectivity index (χ3v) is 7.11. The van der Waals surface area contributed by atoms with Crippen molar-refractivity contribution in [3.8, 4) is 11.5 Å². The number of fused-ring (bicyclic) bond motifs is 2. The molecular formula is C27H35FN2O3. The van der Waals surface area contributed by atoms with E-state index < -0.39 is 0 Å². The number of hydrogen-bond donors (Lipinski definition) is 0. The Kier molecular flexibility index (Phi) is 6.94. The first-order chi connectivity index (χ1) is 15.9. The van der Waals surface area contributed by atoms with E-state index in [-0.39, 0.29) is 24.1 Å². The van der Waals surface area contributed by atoms with Gasteiger partial charge in [0.05, 0.1) is 5.54 Å². The molecule has 0 N–H and O–H groups in total. The lowest BCUT2D eigenvalue weighted by molar-refractivity contribution is 0.0583. The summed E-state index contributed by atoms with van der Waals surface area (Å²) in [6.45, 7) is 12.2. The average molecular weight is 455 g/mol. The Morgan fingerprint density at radius 2 is 1.67 bits per heavy atom. The smallest absolute Gasteiger partial charge is 0.255 e. The Balaban J connectivity index is 0.00000126. The van der Waals surface area contributed by atoms with Gasteiger partial charge < -0.3 is 14.4 Å². The number of carbonyl (C=O) groups is 1. The highest BCUT2D eigenvalue weighted by Gasteiger charge is 2.44. The van der Waals surface area contributed by atoms with Crippen molar-refractivity contribution in [3.63, 3.8) is 0 Å². The van der Waals surface area contributed by atoms with Gasteiger partial charge in [0.15, 0.2) is 11.5 Å². The fourth-order valence-electron chi connectivity index (χ4n) is 5.14. The molecule has 1 fully saturated rings. The second-order valence-electron chi connectivity index (χ2n) is 9.40. The van der Waals surface area contributed by atoms with Gasteiger partial charge in [-0.25, -0.2) is 4.39 Å². The van der Waals surface area contributed by atoms with Crippen LogP contribution in [-0.4, -0.2) is 42.1 Å². The summed E-state index contributed by atoms with van der Waals surface area (Å²) in [5, 5.41) is 0. The van der Waals surface area contributed by atoms with Gasteiger partial charge in [-0.1, -0.05) is 26.0 Å². The number of amides is 1. The molecule has 178 valence electrons. The van der Waals surface area contributed by atoms with Crippen molar-refractivity contribution in [1.29, 1.82) is 0 Å². The summed E-state index contributed by atoms with van der Waals surface area (Å²) < 4.78 is 24.1. The molecule has 0 spiro atoms. The van der Waals surface area contributed by atoms with Crippen molar-refractivity contribution in [3.05, 3.63) is 58.9 Å². The highest BCUT2D eigenvalue weighted by atomic mass is 19.1. The molecule has 0 radical (unpaired) electrons. The average Bonchev–Trinajstić information content (AvgIpc) is 3.36. The first kappa shape index (κ1) is 23.6. The Morgan fingerprint density at radius 1 is 1.03 bits per heavy atom. The normalized spacial score (nSPS) is 19.3. The maximum absolute atomic E-state index is 13.2. The first-order valence-electron chi connectivity index (χ1n) is 12.1. The van der Waals surface area contributed by atoms with Crippen LogP contribution in [0.15, 0.2) is 36.4 Å². The third-order valence-electron chi connectivity index (χ3n) is 7.11. The topological polar surface area (TPSA) is 42.0 Å². The molecule has 0 unspecified atom stereocenters. The molecule has 6 heteroatoms. The predicted molar refractivity (Wildman–Crippen MR) is 127 cm³/mol. The van der Waals surface area contributed by atoms with Gasteiger partial charge in [-0.05, 0) is 87.5 Å². The molecule has 2 aromatic rings. The fraction of sp³-hybridized carbons (Fsp3) is 0.519. The molecule has 5 nitrogen and oxygen atoms in total. The van der Waals surface area contributed by atoms with E-state index >= 15 is 0 Å². The summed E-state index contributed by atoms with van der Waals surface area (Å²) >= 11 is 0. The van der Waals surface area contributed by atoms with E-state index in [0.29, 0.717) is 11.7 Å². The van der Waals surface area contributed by atoms with Crippen LogP contribution in [0.25, 0.3) is 0 Å². The van der Waals surface area contributed by atoms with E-state index in [2.05, 4.69) is 18.7 Å². The molecule has 2 aromatic carbocycles. The van der Waals surface area contributed by atoms with Crippen LogP contribution in [0, 0.1) is 11.7 Å². The van der Waals surface area contributed by atoms with Crippen LogP contribution >= 0.6 is 0 Å². The van der Waals surface area contributed by atoms with E-state index in [1.54, 1.807) is 0 Å². The molecule has 1 saturated heterocycles. The van der Waals surface area contributed by atoms with Gasteiger partial charge >= 0.3 is 0 Å². The van der Waals surface area contributed by atoms with Crippen molar-refractivity contribution < 1.29 is 18.7 Å². The molecule has 33 heavy (non-hydrogen) atoms. The van der Waals surface area contributed by atoms with Crippen molar-refractivity contribution in [1.82, 2.24) is 9.80 Å². The number of benzene rings is 2. The van der Waals surface area contributed by atoms with Crippen LogP contribution in [-0.2, 0) is 12.1 Å². The van der Waals surface area contributed by atoms with E-state index in [4.69, 9.17) is 9.47 Å². The number of piperidine rings is 1. The van der Waals surface area contributed by atoms with Gasteiger partial charge in [0, 0.05) is 18.7 Å². The van der Waals surface area contributed by atoms with Gasteiger partial charge in [-0.2, -0.15) is 0 Å². The number of carbonyl (C=O) groups excluding carboxylic acids is 1. The van der Waals surface area contributed by atoms with Gasteiger partial charge in [-0.3, -0.25) is 9.69 Å². The monoisotopic (exact) mass is 454 g/mol. The summed E-state index contributed by atoms with van der Waals surface area (Å²) in [4.78, 5) is 17.6. The minimum Gasteiger partial charge on any atom is -0.454 e. The molecule has 5 rings (SSSR count). The molecule has 3 aliphatic rings. The minimum atomic E-state index is -0.351. The fourth-order valence-corrected chi connectivity index (χ4v) is 5.14. The van der Waals surface area contributed by atoms with Crippen molar-refractivity contribution in [2.45, 2.75) is 59.0 Å². The van der Waals surface area contributed by atoms with Crippen LogP contribution in [0.1, 0.15) is 68.4 Å². The summed E-state index contributed by atoms with van der Waals surface area (Å²) in [6.07, 6.45) is 3.28. The molecule has 3 heterocycles. The first-order valence-corrected chi connectivity index (χ1v) is 12.1. The van der Waals surface area contributed by atoms with E-state index in [9.17, 15) is 9.18 Å². The van der Waals surface area contributed by atoms with Crippen molar-refractivity contribution in [2.24, 2.45) is 5.92 Å². The van der Waals surface area contributed by atoms with Gasteiger partial charge in [0.25, 0.3) is 5.91 Å². The highest BCUT2D eigenvalue weighted by Crippen LogP contribution is 2.45. The second-order valence-corrected chi connectivity index (χ2v) is 9.40. The Morgan fingerprint density at radius 3 is 2.33 bits per heavy atom. The van der Waals surface area contributed by atoms with Crippen LogP contribution in [0.3, 0.4) is 0 Å². The lowest BCUT2D eigenvalue weighted by Crippen LogP contribution is -2.41. The summed E-state index contributed by atoms with van der Waals surface area (Å²) in [6, 6.07) is 10.6. The van der Waals surface area contributed by atoms with Gasteiger partial charge in [-0.15, -0.1) is 0 Å². The largest absolute Gasteiger partial charge is 0.454 e. The molecular weight excluding hydrogens is 419 g/mol. The Hall–Kier alpha value is -2.60. The molecule has 0 bridgehead atoms. The number of halogens is 1. The van der Waals surface area contributed by atoms with Crippen LogP contribution < -0.4 is 9.47 Å². The molecule has 1 amide bonds. The molecule has 3 aliphatic heterocycles. The zero-order chi connectivity index (χ0) is 23.6. The van der Waals surface area contributed by atoms with Crippen LogP contribution in [0.4, 0.5) is 4.39 Å². The third kappa shape index (κ3) is 4.72. The van der Waals surface area contributed by atoms with E-state index in [0.717, 1.165) is 67.9 Å². The Bertz CT molecular complexity index is 982. The quantitative estimate of drug-likeness (QED) is 0.592. The number of nitrogens with zero attached hydrogens (tertiary/aromatic N) is 2. The number of hydrogen-bond acceptors (Lipinski definition) is 4. The second kappa shape index (κ2) is 9.72. The number of ether oxygens (including phenoxy) is 2. The summed E-state index contributed by atoms with van der Waals surface area (Å²) in [5.74, 6) is 1.92. The van der Waals surface area contributed by atoms with E-state index in [1.165, 1.54) is 12.1 Å². The number of rotatable bonds is 5. The minimum absolute atomic E-state index is 0.0899. The maximum Gasteiger partial charge on any atom is 0.255 e. The van der Waals surface area contributed by atoms with Crippen LogP contribution in [0.2, 0.25) is 0 Å². The SMILES string of the molecule is CC.CC1(C)c2cc3c(cc2C(=O)N1CCC1CCN(Cc2ccc(F)cc2)CC1)OCO3. The van der Waals surface area contributed by atoms with Gasteiger partial charge in [0.1, 0.15) is 5.82 Å². The molecule has 0 atom stereocenters. The zero-order valence-electron chi connectivity index (χ0n) is 20.2. The molecule has 0 aromatic heterocycles. The van der Waals surface area contributed by atoms with Crippen molar-refractivity contribution >= 4 is 5.91 Å². The molecule has 0 aliphatic carbocycles. The summed E-state index contributed by atoms with van der Waals surface area (Å²) in [5.41, 5.74) is 2.57. The van der Waals surface area contributed by atoms with Crippen LogP contribution in [0.5, 0.6) is 11.5 Å².